The third-order valence-corrected chi connectivity index (χ3v) is 10.0. The summed E-state index contributed by atoms with van der Waals surface area (Å²) >= 11 is 0. The molecular weight excluding hydrogens is 662 g/mol. The van der Waals surface area contributed by atoms with Gasteiger partial charge in [-0.05, 0) is 59.9 Å². The van der Waals surface area contributed by atoms with Crippen LogP contribution in [-0.2, 0) is 35.2 Å². The molecule has 3 aliphatic rings. The highest BCUT2D eigenvalue weighted by atomic mass is 16.6. The molecule has 3 N–H and O–H groups in total. The minimum atomic E-state index is -0.995. The molecule has 0 spiro atoms. The van der Waals surface area contributed by atoms with Crippen molar-refractivity contribution in [3.63, 3.8) is 0 Å². The van der Waals surface area contributed by atoms with Gasteiger partial charge in [0.15, 0.2) is 0 Å². The molecule has 4 atom stereocenters. The van der Waals surface area contributed by atoms with Gasteiger partial charge < -0.3 is 34.9 Å². The number of rotatable bonds is 10. The highest BCUT2D eigenvalue weighted by molar-refractivity contribution is 5.86. The van der Waals surface area contributed by atoms with Crippen molar-refractivity contribution in [3.8, 4) is 11.1 Å². The Hall–Kier alpha value is -5.00. The van der Waals surface area contributed by atoms with Crippen LogP contribution in [0.5, 0.6) is 0 Å². The summed E-state index contributed by atoms with van der Waals surface area (Å²) in [5, 5.41) is 15.4. The van der Waals surface area contributed by atoms with E-state index in [2.05, 4.69) is 22.8 Å². The highest BCUT2D eigenvalue weighted by Gasteiger charge is 2.33. The Morgan fingerprint density at radius 3 is 2.35 bits per heavy atom. The van der Waals surface area contributed by atoms with Crippen LogP contribution >= 0.6 is 0 Å². The van der Waals surface area contributed by atoms with Gasteiger partial charge in [0.25, 0.3) is 0 Å². The highest BCUT2D eigenvalue weighted by Crippen LogP contribution is 2.44. The first-order valence-electron chi connectivity index (χ1n) is 18.2. The number of ether oxygens (including phenoxy) is 3. The van der Waals surface area contributed by atoms with Gasteiger partial charge in [-0.15, -0.1) is 0 Å². The number of alkyl carbamates (subject to hydrolysis) is 1. The van der Waals surface area contributed by atoms with Crippen LogP contribution in [0.25, 0.3) is 11.1 Å². The molecular formula is C41H47N3O8. The smallest absolute Gasteiger partial charge is 0.407 e. The number of aliphatic hydroxyl groups is 1. The summed E-state index contributed by atoms with van der Waals surface area (Å²) in [6.45, 7) is 0.682. The molecule has 1 aliphatic carbocycles. The zero-order valence-electron chi connectivity index (χ0n) is 29.3. The van der Waals surface area contributed by atoms with Crippen LogP contribution in [-0.4, -0.2) is 85.0 Å². The van der Waals surface area contributed by atoms with Crippen LogP contribution in [0, 0.1) is 5.92 Å². The second-order valence-electron chi connectivity index (χ2n) is 13.6. The molecule has 2 heterocycles. The third kappa shape index (κ3) is 9.26. The van der Waals surface area contributed by atoms with Crippen molar-refractivity contribution in [2.24, 2.45) is 5.92 Å². The summed E-state index contributed by atoms with van der Waals surface area (Å²) < 4.78 is 17.3. The molecule has 0 bridgehead atoms. The van der Waals surface area contributed by atoms with E-state index in [1.165, 1.54) is 0 Å². The predicted octanol–water partition coefficient (Wildman–Crippen LogP) is 4.87. The van der Waals surface area contributed by atoms with Crippen molar-refractivity contribution >= 4 is 23.9 Å². The van der Waals surface area contributed by atoms with Crippen molar-refractivity contribution in [2.75, 3.05) is 33.0 Å². The number of cyclic esters (lactones) is 1. The van der Waals surface area contributed by atoms with Gasteiger partial charge in [0, 0.05) is 18.9 Å². The second kappa shape index (κ2) is 18.0. The maximum atomic E-state index is 13.7. The summed E-state index contributed by atoms with van der Waals surface area (Å²) in [5.74, 6) is -1.99. The van der Waals surface area contributed by atoms with Crippen LogP contribution in [0.2, 0.25) is 0 Å². The minimum absolute atomic E-state index is 0.0178. The van der Waals surface area contributed by atoms with Crippen LogP contribution < -0.4 is 10.6 Å². The SMILES string of the molecule is O=C(NC1CCC=CCC(CC(=O)N2CCCC2CO)C(=O)NC(COCc2ccccc2)COC1=O)OCC1c2ccccc2-c2ccccc21. The minimum Gasteiger partial charge on any atom is -0.462 e. The number of esters is 1. The summed E-state index contributed by atoms with van der Waals surface area (Å²) in [6.07, 6.45) is 5.42. The van der Waals surface area contributed by atoms with Crippen LogP contribution in [0.1, 0.15) is 61.1 Å². The van der Waals surface area contributed by atoms with E-state index in [1.807, 2.05) is 78.9 Å². The van der Waals surface area contributed by atoms with Gasteiger partial charge in [-0.25, -0.2) is 9.59 Å². The number of hydrogen-bond donors (Lipinski definition) is 3. The van der Waals surface area contributed by atoms with Gasteiger partial charge in [-0.3, -0.25) is 9.59 Å². The average Bonchev–Trinajstić information content (AvgIpc) is 3.78. The number of likely N-dealkylation sites (tertiary alicyclic amines) is 1. The van der Waals surface area contributed by atoms with Crippen molar-refractivity contribution in [3.05, 3.63) is 108 Å². The Balaban J connectivity index is 1.11. The Morgan fingerprint density at radius 1 is 0.904 bits per heavy atom. The molecule has 52 heavy (non-hydrogen) atoms. The van der Waals surface area contributed by atoms with Gasteiger partial charge in [-0.2, -0.15) is 0 Å². The lowest BCUT2D eigenvalue weighted by molar-refractivity contribution is -0.148. The molecule has 1 saturated heterocycles. The summed E-state index contributed by atoms with van der Waals surface area (Å²) in [6, 6.07) is 23.7. The van der Waals surface area contributed by atoms with Crippen molar-refractivity contribution in [1.82, 2.24) is 15.5 Å². The molecule has 11 heteroatoms. The number of amides is 3. The topological polar surface area (TPSA) is 144 Å². The molecule has 0 radical (unpaired) electrons. The first-order chi connectivity index (χ1) is 25.4. The lowest BCUT2D eigenvalue weighted by Crippen LogP contribution is -2.48. The molecule has 0 aromatic heterocycles. The quantitative estimate of drug-likeness (QED) is 0.200. The van der Waals surface area contributed by atoms with E-state index in [4.69, 9.17) is 14.2 Å². The first-order valence-corrected chi connectivity index (χ1v) is 18.2. The van der Waals surface area contributed by atoms with E-state index >= 15 is 0 Å². The molecule has 11 nitrogen and oxygen atoms in total. The zero-order chi connectivity index (χ0) is 36.3. The van der Waals surface area contributed by atoms with E-state index in [9.17, 15) is 24.3 Å². The second-order valence-corrected chi connectivity index (χ2v) is 13.6. The number of aliphatic hydroxyl groups excluding tert-OH is 1. The third-order valence-electron chi connectivity index (χ3n) is 10.0. The number of nitrogens with zero attached hydrogens (tertiary/aromatic N) is 1. The average molecular weight is 710 g/mol. The lowest BCUT2D eigenvalue weighted by Gasteiger charge is -2.26. The van der Waals surface area contributed by atoms with Crippen molar-refractivity contribution < 1.29 is 38.5 Å². The molecule has 0 saturated carbocycles. The summed E-state index contributed by atoms with van der Waals surface area (Å²) in [5.41, 5.74) is 5.34. The van der Waals surface area contributed by atoms with Crippen LogP contribution in [0.4, 0.5) is 4.79 Å². The fraction of sp³-hybridized carbons (Fsp3) is 0.415. The number of nitrogens with one attached hydrogen (secondary N) is 2. The van der Waals surface area contributed by atoms with Gasteiger partial charge in [0.2, 0.25) is 11.8 Å². The maximum absolute atomic E-state index is 13.7. The van der Waals surface area contributed by atoms with E-state index < -0.39 is 30.1 Å². The molecule has 3 aromatic carbocycles. The Bertz CT molecular complexity index is 1680. The number of hydrogen-bond acceptors (Lipinski definition) is 8. The normalized spacial score (nSPS) is 22.2. The van der Waals surface area contributed by atoms with Gasteiger partial charge in [0.05, 0.1) is 37.8 Å². The standard InChI is InChI=1S/C41H47N3O8/c45-23-31-15-11-21-44(31)38(46)22-29-14-5-2-6-20-37(40(48)51-26-30(42-39(29)47)25-50-24-28-12-3-1-4-13-28)43-41(49)52-27-36-34-18-9-7-16-32(34)33-17-8-10-19-35(33)36/h1-5,7-10,12-13,16-19,29-31,36-37,45H,6,11,14-15,20-27H2,(H,42,47)(H,43,49). The first kappa shape index (κ1) is 36.8. The molecule has 4 unspecified atom stereocenters. The number of carbonyl (C=O) groups excluding carboxylic acids is 4. The predicted molar refractivity (Wildman–Crippen MR) is 194 cm³/mol. The largest absolute Gasteiger partial charge is 0.462 e. The molecule has 6 rings (SSSR count). The fourth-order valence-corrected chi connectivity index (χ4v) is 7.26. The molecule has 3 amide bonds. The number of allylic oxidation sites excluding steroid dienone is 2. The lowest BCUT2D eigenvalue weighted by atomic mass is 9.98. The fourth-order valence-electron chi connectivity index (χ4n) is 7.26. The Morgan fingerprint density at radius 2 is 1.62 bits per heavy atom. The number of benzene rings is 3. The summed E-state index contributed by atoms with van der Waals surface area (Å²) in [7, 11) is 0. The van der Waals surface area contributed by atoms with Crippen molar-refractivity contribution in [2.45, 2.75) is 69.2 Å². The Labute approximate surface area is 304 Å². The van der Waals surface area contributed by atoms with E-state index in [-0.39, 0.29) is 69.7 Å². The van der Waals surface area contributed by atoms with Crippen LogP contribution in [0.15, 0.2) is 91.0 Å². The Kier molecular flexibility index (Phi) is 12.7. The zero-order valence-corrected chi connectivity index (χ0v) is 29.3. The molecule has 274 valence electrons. The number of fused-ring (bicyclic) bond motifs is 3. The van der Waals surface area contributed by atoms with Gasteiger partial charge in [0.1, 0.15) is 19.3 Å². The van der Waals surface area contributed by atoms with E-state index in [0.717, 1.165) is 40.7 Å². The van der Waals surface area contributed by atoms with E-state index in [1.54, 1.807) is 4.90 Å². The maximum Gasteiger partial charge on any atom is 0.407 e. The van der Waals surface area contributed by atoms with Gasteiger partial charge in [-0.1, -0.05) is 91.0 Å². The monoisotopic (exact) mass is 709 g/mol. The summed E-state index contributed by atoms with van der Waals surface area (Å²) in [4.78, 5) is 55.2. The molecule has 1 fully saturated rings. The molecule has 3 aromatic rings. The van der Waals surface area contributed by atoms with Gasteiger partial charge >= 0.3 is 12.1 Å². The number of carbonyl (C=O) groups is 4. The van der Waals surface area contributed by atoms with Crippen LogP contribution in [0.3, 0.4) is 0 Å². The van der Waals surface area contributed by atoms with Crippen molar-refractivity contribution in [1.29, 1.82) is 0 Å². The molecule has 2 aliphatic heterocycles. The van der Waals surface area contributed by atoms with E-state index in [0.29, 0.717) is 19.4 Å².